The van der Waals surface area contributed by atoms with E-state index >= 15 is 0 Å². The molecule has 0 aromatic heterocycles. The Labute approximate surface area is 287 Å². The minimum absolute atomic E-state index is 0.195. The van der Waals surface area contributed by atoms with Crippen LogP contribution in [0.15, 0.2) is 0 Å². The fourth-order valence-electron chi connectivity index (χ4n) is 6.64. The third kappa shape index (κ3) is 38.7. The molecule has 0 aromatic rings. The van der Waals surface area contributed by atoms with Gasteiger partial charge in [-0.1, -0.05) is 169 Å². The average Bonchev–Trinajstić information content (AvgIpc) is 3.01. The van der Waals surface area contributed by atoms with Crippen LogP contribution in [-0.2, 0) is 10.1 Å². The van der Waals surface area contributed by atoms with E-state index in [1.54, 1.807) is 50.3 Å². The standard InChI is InChI=1S/C32H68P.C8H18O3S/c1-5-9-13-17-21-25-29-33(30-26-22-18-14-10-6-2,31-27-23-19-15-11-7-3)32-28-24-20-16-12-8-4;1-2-3-4-5-6-7-8-12(9,10)11/h5-32H2,1-4H3;2-8H2,1H3,(H,9,10,11)/q+1;/p-1. The molecule has 0 saturated heterocycles. The topological polar surface area (TPSA) is 57.2 Å². The largest absolute Gasteiger partial charge is 0.748 e. The summed E-state index contributed by atoms with van der Waals surface area (Å²) in [6.45, 7) is 11.5. The van der Waals surface area contributed by atoms with Crippen molar-refractivity contribution in [3.63, 3.8) is 0 Å². The normalized spacial score (nSPS) is 12.0. The van der Waals surface area contributed by atoms with E-state index in [-0.39, 0.29) is 5.75 Å². The molecule has 0 aliphatic heterocycles. The zero-order chi connectivity index (χ0) is 33.7. The summed E-state index contributed by atoms with van der Waals surface area (Å²) in [6.07, 6.45) is 48.1. The van der Waals surface area contributed by atoms with Gasteiger partial charge in [-0.15, -0.1) is 0 Å². The van der Waals surface area contributed by atoms with Crippen molar-refractivity contribution in [2.24, 2.45) is 0 Å². The highest BCUT2D eigenvalue weighted by Crippen LogP contribution is 2.61. The first-order valence-corrected chi connectivity index (χ1v) is 24.7. The van der Waals surface area contributed by atoms with E-state index in [2.05, 4.69) is 34.6 Å². The smallest absolute Gasteiger partial charge is 0.0945 e. The van der Waals surface area contributed by atoms with Gasteiger partial charge in [-0.25, -0.2) is 8.42 Å². The van der Waals surface area contributed by atoms with Crippen LogP contribution in [0.4, 0.5) is 0 Å². The highest BCUT2D eigenvalue weighted by atomic mass is 32.2. The summed E-state index contributed by atoms with van der Waals surface area (Å²) in [5.74, 6) is -0.195. The molecule has 0 saturated carbocycles. The van der Waals surface area contributed by atoms with Crippen molar-refractivity contribution < 1.29 is 13.0 Å². The maximum absolute atomic E-state index is 10.2. The van der Waals surface area contributed by atoms with E-state index in [4.69, 9.17) is 0 Å². The molecule has 0 aromatic carbocycles. The summed E-state index contributed by atoms with van der Waals surface area (Å²) in [5, 5.41) is 0. The molecule has 0 N–H and O–H groups in total. The Kier molecular flexibility index (Phi) is 39.2. The number of unbranched alkanes of at least 4 members (excludes halogenated alkanes) is 25. The zero-order valence-corrected chi connectivity index (χ0v) is 33.5. The van der Waals surface area contributed by atoms with Gasteiger partial charge in [0.25, 0.3) is 0 Å². The van der Waals surface area contributed by atoms with Crippen LogP contribution in [0.5, 0.6) is 0 Å². The Balaban J connectivity index is 0. The zero-order valence-electron chi connectivity index (χ0n) is 31.8. The van der Waals surface area contributed by atoms with Crippen molar-refractivity contribution in [1.29, 1.82) is 0 Å². The van der Waals surface area contributed by atoms with Crippen molar-refractivity contribution in [3.05, 3.63) is 0 Å². The minimum atomic E-state index is -3.97. The van der Waals surface area contributed by atoms with E-state index in [0.29, 0.717) is 6.42 Å². The van der Waals surface area contributed by atoms with Crippen molar-refractivity contribution >= 4 is 17.4 Å². The van der Waals surface area contributed by atoms with Gasteiger partial charge < -0.3 is 4.55 Å². The average molecular weight is 677 g/mol. The lowest BCUT2D eigenvalue weighted by atomic mass is 10.1. The predicted octanol–water partition coefficient (Wildman–Crippen LogP) is 14.3. The van der Waals surface area contributed by atoms with Gasteiger partial charge >= 0.3 is 0 Å². The third-order valence-corrected chi connectivity index (χ3v) is 15.5. The molecule has 0 radical (unpaired) electrons. The molecule has 0 atom stereocenters. The van der Waals surface area contributed by atoms with Gasteiger partial charge in [-0.05, 0) is 57.8 Å². The SMILES string of the molecule is CCCCCCCCS(=O)(=O)[O-].CCCCCCCC[P+](CCCCCCCC)(CCCCCCCC)CCCCCCCC. The lowest BCUT2D eigenvalue weighted by molar-refractivity contribution is 0.459. The van der Waals surface area contributed by atoms with Gasteiger partial charge in [0.1, 0.15) is 0 Å². The fourth-order valence-corrected chi connectivity index (χ4v) is 12.1. The van der Waals surface area contributed by atoms with E-state index in [0.717, 1.165) is 19.3 Å². The van der Waals surface area contributed by atoms with Crippen molar-refractivity contribution in [2.75, 3.05) is 30.4 Å². The first kappa shape index (κ1) is 47.5. The number of hydrogen-bond donors (Lipinski definition) is 0. The fraction of sp³-hybridized carbons (Fsp3) is 1.00. The molecule has 0 heterocycles. The van der Waals surface area contributed by atoms with E-state index in [9.17, 15) is 13.0 Å². The van der Waals surface area contributed by atoms with Gasteiger partial charge in [-0.3, -0.25) is 0 Å². The quantitative estimate of drug-likeness (QED) is 0.0381. The molecule has 0 bridgehead atoms. The second-order valence-electron chi connectivity index (χ2n) is 14.3. The van der Waals surface area contributed by atoms with Gasteiger partial charge in [0, 0.05) is 13.0 Å². The lowest BCUT2D eigenvalue weighted by Gasteiger charge is -2.28. The van der Waals surface area contributed by atoms with Gasteiger partial charge in [0.2, 0.25) is 0 Å². The van der Waals surface area contributed by atoms with E-state index in [1.807, 2.05) is 0 Å². The molecular formula is C40H85O3PS. The Morgan fingerprint density at radius 3 is 0.756 bits per heavy atom. The summed E-state index contributed by atoms with van der Waals surface area (Å²) >= 11 is 0. The molecule has 0 unspecified atom stereocenters. The van der Waals surface area contributed by atoms with Crippen LogP contribution in [0, 0.1) is 0 Å². The van der Waals surface area contributed by atoms with Crippen molar-refractivity contribution in [3.8, 4) is 0 Å². The molecule has 5 heteroatoms. The summed E-state index contributed by atoms with van der Waals surface area (Å²) in [5.41, 5.74) is 0. The van der Waals surface area contributed by atoms with Crippen LogP contribution in [0.1, 0.15) is 227 Å². The van der Waals surface area contributed by atoms with Crippen molar-refractivity contribution in [2.45, 2.75) is 227 Å². The summed E-state index contributed by atoms with van der Waals surface area (Å²) in [4.78, 5) is 0. The Morgan fingerprint density at radius 2 is 0.533 bits per heavy atom. The lowest BCUT2D eigenvalue weighted by Crippen LogP contribution is -2.13. The molecular weight excluding hydrogens is 591 g/mol. The molecule has 45 heavy (non-hydrogen) atoms. The van der Waals surface area contributed by atoms with Crippen LogP contribution in [-0.4, -0.2) is 43.4 Å². The van der Waals surface area contributed by atoms with Crippen molar-refractivity contribution in [1.82, 2.24) is 0 Å². The maximum Gasteiger partial charge on any atom is 0.0945 e. The first-order chi connectivity index (χ1) is 21.8. The molecule has 0 aliphatic rings. The third-order valence-electron chi connectivity index (χ3n) is 9.69. The van der Waals surface area contributed by atoms with E-state index < -0.39 is 17.4 Å². The number of hydrogen-bond acceptors (Lipinski definition) is 3. The van der Waals surface area contributed by atoms with Gasteiger partial charge in [0.15, 0.2) is 0 Å². The van der Waals surface area contributed by atoms with Crippen LogP contribution in [0.2, 0.25) is 0 Å². The molecule has 0 spiro atoms. The second kappa shape index (κ2) is 37.2. The van der Waals surface area contributed by atoms with E-state index in [1.165, 1.54) is 141 Å². The first-order valence-electron chi connectivity index (χ1n) is 20.6. The summed E-state index contributed by atoms with van der Waals surface area (Å²) in [7, 11) is -4.69. The molecule has 3 nitrogen and oxygen atoms in total. The molecule has 274 valence electrons. The Morgan fingerprint density at radius 1 is 0.333 bits per heavy atom. The highest BCUT2D eigenvalue weighted by Gasteiger charge is 2.34. The van der Waals surface area contributed by atoms with Crippen LogP contribution in [0.25, 0.3) is 0 Å². The molecule has 0 rings (SSSR count). The van der Waals surface area contributed by atoms with Gasteiger partial charge in [0.05, 0.1) is 34.8 Å². The molecule has 0 fully saturated rings. The summed E-state index contributed by atoms with van der Waals surface area (Å²) < 4.78 is 30.5. The van der Waals surface area contributed by atoms with Crippen LogP contribution < -0.4 is 0 Å². The maximum atomic E-state index is 10.2. The molecule has 0 amide bonds. The second-order valence-corrected chi connectivity index (χ2v) is 20.3. The predicted molar refractivity (Wildman–Crippen MR) is 208 cm³/mol. The minimum Gasteiger partial charge on any atom is -0.748 e. The van der Waals surface area contributed by atoms with Crippen LogP contribution >= 0.6 is 7.26 Å². The van der Waals surface area contributed by atoms with Crippen LogP contribution in [0.3, 0.4) is 0 Å². The van der Waals surface area contributed by atoms with Gasteiger partial charge in [-0.2, -0.15) is 0 Å². The Hall–Kier alpha value is 0.340. The monoisotopic (exact) mass is 677 g/mol. The molecule has 0 aliphatic carbocycles. The number of rotatable bonds is 35. The highest BCUT2D eigenvalue weighted by molar-refractivity contribution is 7.85. The summed E-state index contributed by atoms with van der Waals surface area (Å²) in [6, 6.07) is 0. The Bertz CT molecular complexity index is 582.